The van der Waals surface area contributed by atoms with E-state index >= 15 is 0 Å². The molecule has 2 amide bonds. The highest BCUT2D eigenvalue weighted by Crippen LogP contribution is 2.36. The Hall–Kier alpha value is -2.38. The van der Waals surface area contributed by atoms with Crippen LogP contribution in [0, 0.1) is 0 Å². The maximum atomic E-state index is 12.7. The lowest BCUT2D eigenvalue weighted by Gasteiger charge is -2.21. The van der Waals surface area contributed by atoms with Gasteiger partial charge in [-0.2, -0.15) is 0 Å². The van der Waals surface area contributed by atoms with Crippen molar-refractivity contribution in [3.8, 4) is 0 Å². The van der Waals surface area contributed by atoms with Gasteiger partial charge in [-0.1, -0.05) is 13.8 Å². The van der Waals surface area contributed by atoms with E-state index in [4.69, 9.17) is 0 Å². The summed E-state index contributed by atoms with van der Waals surface area (Å²) in [6.07, 6.45) is 0. The van der Waals surface area contributed by atoms with Crippen LogP contribution in [0.3, 0.4) is 0 Å². The van der Waals surface area contributed by atoms with Gasteiger partial charge in [0, 0.05) is 22.1 Å². The molecule has 5 nitrogen and oxygen atoms in total. The minimum Gasteiger partial charge on any atom is -0.324 e. The maximum Gasteiger partial charge on any atom is 0.255 e. The van der Waals surface area contributed by atoms with Crippen LogP contribution in [-0.2, 0) is 4.79 Å². The number of hydrogen-bond donors (Lipinski definition) is 2. The van der Waals surface area contributed by atoms with Crippen LogP contribution in [0.15, 0.2) is 41.3 Å². The first kappa shape index (κ1) is 18.0. The van der Waals surface area contributed by atoms with Crippen molar-refractivity contribution >= 4 is 56.5 Å². The molecule has 4 rings (SSSR count). The fraction of sp³-hybridized carbons (Fsp3) is 0.250. The quantitative estimate of drug-likeness (QED) is 0.645. The number of fused-ring (bicyclic) bond motifs is 2. The van der Waals surface area contributed by atoms with Gasteiger partial charge < -0.3 is 10.6 Å². The zero-order valence-corrected chi connectivity index (χ0v) is 16.8. The van der Waals surface area contributed by atoms with E-state index in [1.807, 2.05) is 31.2 Å². The highest BCUT2D eigenvalue weighted by Gasteiger charge is 2.23. The molecule has 0 spiro atoms. The Kier molecular flexibility index (Phi) is 4.65. The Bertz CT molecular complexity index is 1060. The maximum absolute atomic E-state index is 12.7. The molecule has 2 heterocycles. The third kappa shape index (κ3) is 3.57. The zero-order chi connectivity index (χ0) is 19.1. The summed E-state index contributed by atoms with van der Waals surface area (Å²) in [6, 6.07) is 11.1. The highest BCUT2D eigenvalue weighted by molar-refractivity contribution is 8.00. The number of thiazole rings is 1. The molecule has 0 unspecified atom stereocenters. The summed E-state index contributed by atoms with van der Waals surface area (Å²) in [4.78, 5) is 30.1. The standard InChI is InChI=1S/C20H19N3O2S2/c1-10(2)20-23-14-6-5-13(9-17(14)27-20)21-19(25)12-4-7-16-15(8-12)22-18(24)11(3)26-16/h4-11H,1-3H3,(H,21,25)(H,22,24)/t11-/m1/s1. The summed E-state index contributed by atoms with van der Waals surface area (Å²) in [5.74, 6) is 0.136. The van der Waals surface area contributed by atoms with Gasteiger partial charge in [0.05, 0.1) is 26.2 Å². The number of amides is 2. The Balaban J connectivity index is 1.56. The smallest absolute Gasteiger partial charge is 0.255 e. The molecule has 0 fully saturated rings. The van der Waals surface area contributed by atoms with Crippen molar-refractivity contribution in [3.05, 3.63) is 47.0 Å². The lowest BCUT2D eigenvalue weighted by atomic mass is 10.1. The van der Waals surface area contributed by atoms with Gasteiger partial charge in [0.2, 0.25) is 5.91 Å². The van der Waals surface area contributed by atoms with Crippen LogP contribution in [0.4, 0.5) is 11.4 Å². The van der Waals surface area contributed by atoms with E-state index in [2.05, 4.69) is 29.5 Å². The molecule has 3 aromatic rings. The minimum atomic E-state index is -0.205. The third-order valence-electron chi connectivity index (χ3n) is 4.33. The number of carbonyl (C=O) groups excluding carboxylic acids is 2. The molecule has 2 N–H and O–H groups in total. The molecular formula is C20H19N3O2S2. The molecule has 1 atom stereocenters. The average molecular weight is 398 g/mol. The third-order valence-corrected chi connectivity index (χ3v) is 6.83. The molecule has 7 heteroatoms. The van der Waals surface area contributed by atoms with Crippen molar-refractivity contribution in [1.29, 1.82) is 0 Å². The van der Waals surface area contributed by atoms with E-state index in [9.17, 15) is 9.59 Å². The number of nitrogens with one attached hydrogen (secondary N) is 2. The number of nitrogens with zero attached hydrogens (tertiary/aromatic N) is 1. The van der Waals surface area contributed by atoms with Crippen LogP contribution in [-0.4, -0.2) is 22.0 Å². The lowest BCUT2D eigenvalue weighted by molar-refractivity contribution is -0.115. The summed E-state index contributed by atoms with van der Waals surface area (Å²) in [5.41, 5.74) is 2.88. The number of hydrogen-bond acceptors (Lipinski definition) is 5. The average Bonchev–Trinajstić information content (AvgIpc) is 3.06. The van der Waals surface area contributed by atoms with E-state index < -0.39 is 0 Å². The zero-order valence-electron chi connectivity index (χ0n) is 15.2. The van der Waals surface area contributed by atoms with Crippen LogP contribution < -0.4 is 10.6 Å². The molecule has 1 aliphatic rings. The SMILES string of the molecule is CC(C)c1nc2ccc(NC(=O)c3ccc4c(c3)NC(=O)[C@@H](C)S4)cc2s1. The first-order chi connectivity index (χ1) is 12.9. The van der Waals surface area contributed by atoms with E-state index in [-0.39, 0.29) is 17.1 Å². The number of thioether (sulfide) groups is 1. The van der Waals surface area contributed by atoms with Crippen molar-refractivity contribution < 1.29 is 9.59 Å². The lowest BCUT2D eigenvalue weighted by Crippen LogP contribution is -2.26. The fourth-order valence-electron chi connectivity index (χ4n) is 2.82. The molecule has 0 bridgehead atoms. The second-order valence-corrected chi connectivity index (χ2v) is 9.25. The van der Waals surface area contributed by atoms with Gasteiger partial charge >= 0.3 is 0 Å². The number of anilines is 2. The molecule has 0 saturated heterocycles. The molecule has 27 heavy (non-hydrogen) atoms. The summed E-state index contributed by atoms with van der Waals surface area (Å²) in [7, 11) is 0. The van der Waals surface area contributed by atoms with Crippen molar-refractivity contribution in [2.24, 2.45) is 0 Å². The van der Waals surface area contributed by atoms with E-state index in [0.717, 1.165) is 25.8 Å². The van der Waals surface area contributed by atoms with Crippen molar-refractivity contribution in [2.45, 2.75) is 36.8 Å². The van der Waals surface area contributed by atoms with Gasteiger partial charge in [0.15, 0.2) is 0 Å². The van der Waals surface area contributed by atoms with Crippen molar-refractivity contribution in [2.75, 3.05) is 10.6 Å². The molecule has 138 valence electrons. The van der Waals surface area contributed by atoms with Gasteiger partial charge in [-0.15, -0.1) is 23.1 Å². The predicted molar refractivity (Wildman–Crippen MR) is 112 cm³/mol. The predicted octanol–water partition coefficient (Wildman–Crippen LogP) is 5.10. The molecule has 0 radical (unpaired) electrons. The molecule has 2 aromatic carbocycles. The Morgan fingerprint density at radius 1 is 1.22 bits per heavy atom. The summed E-state index contributed by atoms with van der Waals surface area (Å²) in [6.45, 7) is 6.10. The topological polar surface area (TPSA) is 71.1 Å². The molecule has 0 aliphatic carbocycles. The largest absolute Gasteiger partial charge is 0.324 e. The van der Waals surface area contributed by atoms with E-state index in [1.54, 1.807) is 23.5 Å². The number of benzene rings is 2. The number of carbonyl (C=O) groups is 2. The van der Waals surface area contributed by atoms with E-state index in [0.29, 0.717) is 17.2 Å². The van der Waals surface area contributed by atoms with Gasteiger partial charge in [-0.05, 0) is 43.3 Å². The first-order valence-electron chi connectivity index (χ1n) is 8.74. The van der Waals surface area contributed by atoms with Gasteiger partial charge in [0.25, 0.3) is 5.91 Å². The Labute approximate surface area is 165 Å². The van der Waals surface area contributed by atoms with Gasteiger partial charge in [-0.3, -0.25) is 9.59 Å². The van der Waals surface area contributed by atoms with Crippen molar-refractivity contribution in [3.63, 3.8) is 0 Å². The monoisotopic (exact) mass is 397 g/mol. The van der Waals surface area contributed by atoms with Crippen LogP contribution in [0.2, 0.25) is 0 Å². The summed E-state index contributed by atoms with van der Waals surface area (Å²) >= 11 is 3.15. The van der Waals surface area contributed by atoms with E-state index in [1.165, 1.54) is 11.8 Å². The minimum absolute atomic E-state index is 0.0401. The number of aromatic nitrogens is 1. The summed E-state index contributed by atoms with van der Waals surface area (Å²) < 4.78 is 1.06. The van der Waals surface area contributed by atoms with Crippen molar-refractivity contribution in [1.82, 2.24) is 4.98 Å². The first-order valence-corrected chi connectivity index (χ1v) is 10.4. The Morgan fingerprint density at radius 3 is 2.81 bits per heavy atom. The molecule has 1 aliphatic heterocycles. The van der Waals surface area contributed by atoms with Crippen LogP contribution >= 0.6 is 23.1 Å². The molecular weight excluding hydrogens is 378 g/mol. The molecule has 0 saturated carbocycles. The Morgan fingerprint density at radius 2 is 2.04 bits per heavy atom. The second-order valence-electron chi connectivity index (χ2n) is 6.80. The van der Waals surface area contributed by atoms with Gasteiger partial charge in [0.1, 0.15) is 0 Å². The van der Waals surface area contributed by atoms with Crippen LogP contribution in [0.1, 0.15) is 42.1 Å². The second kappa shape index (κ2) is 6.98. The van der Waals surface area contributed by atoms with Crippen LogP contribution in [0.5, 0.6) is 0 Å². The normalized spacial score (nSPS) is 16.3. The molecule has 1 aromatic heterocycles. The number of rotatable bonds is 3. The fourth-order valence-corrected chi connectivity index (χ4v) is 4.76. The highest BCUT2D eigenvalue weighted by atomic mass is 32.2. The van der Waals surface area contributed by atoms with Gasteiger partial charge in [-0.25, -0.2) is 4.98 Å². The summed E-state index contributed by atoms with van der Waals surface area (Å²) in [5, 5.41) is 6.76. The van der Waals surface area contributed by atoms with Crippen LogP contribution in [0.25, 0.3) is 10.2 Å².